The lowest BCUT2D eigenvalue weighted by Crippen LogP contribution is -2.22. The molecule has 0 aliphatic rings. The molecule has 0 fully saturated rings. The number of nitrogens with one attached hydrogen (secondary N) is 1. The second kappa shape index (κ2) is 9.97. The Morgan fingerprint density at radius 2 is 1.79 bits per heavy atom. The van der Waals surface area contributed by atoms with Crippen LogP contribution in [0.3, 0.4) is 0 Å². The molecule has 1 aromatic heterocycles. The number of fused-ring (bicyclic) bond motifs is 1. The van der Waals surface area contributed by atoms with Gasteiger partial charge in [-0.2, -0.15) is 0 Å². The van der Waals surface area contributed by atoms with Crippen LogP contribution in [0.5, 0.6) is 5.75 Å². The summed E-state index contributed by atoms with van der Waals surface area (Å²) in [4.78, 5) is 14.9. The molecule has 0 aliphatic heterocycles. The Kier molecular flexibility index (Phi) is 6.84. The van der Waals surface area contributed by atoms with Crippen LogP contribution in [0, 0.1) is 0 Å². The Hall–Kier alpha value is -3.84. The topological polar surface area (TPSA) is 72.5 Å². The minimum atomic E-state index is -0.469. The van der Waals surface area contributed by atoms with Gasteiger partial charge in [-0.05, 0) is 47.5 Å². The van der Waals surface area contributed by atoms with Gasteiger partial charge in [0.15, 0.2) is 0 Å². The van der Waals surface area contributed by atoms with Crippen LogP contribution in [-0.2, 0) is 13.1 Å². The quantitative estimate of drug-likeness (QED) is 0.374. The number of anilines is 1. The minimum absolute atomic E-state index is 0.454. The van der Waals surface area contributed by atoms with Crippen LogP contribution in [0.2, 0.25) is 0 Å². The number of hydrogen-bond acceptors (Lipinski definition) is 4. The summed E-state index contributed by atoms with van der Waals surface area (Å²) >= 11 is 5.65. The van der Waals surface area contributed by atoms with E-state index in [0.717, 1.165) is 39.0 Å². The number of hydrogen-bond donors (Lipinski definition) is 2. The molecule has 3 N–H and O–H groups in total. The van der Waals surface area contributed by atoms with E-state index < -0.39 is 5.91 Å². The second-order valence-electron chi connectivity index (χ2n) is 8.35. The van der Waals surface area contributed by atoms with E-state index >= 15 is 0 Å². The van der Waals surface area contributed by atoms with Crippen LogP contribution in [0.1, 0.15) is 27.2 Å². The highest BCUT2D eigenvalue weighted by molar-refractivity contribution is 7.80. The summed E-state index contributed by atoms with van der Waals surface area (Å²) in [5, 5.41) is 4.28. The molecule has 0 spiro atoms. The van der Waals surface area contributed by atoms with E-state index in [0.29, 0.717) is 23.8 Å². The summed E-state index contributed by atoms with van der Waals surface area (Å²) in [5.74, 6) is 0.254. The number of primary amides is 1. The van der Waals surface area contributed by atoms with Crippen LogP contribution < -0.4 is 20.7 Å². The van der Waals surface area contributed by atoms with Crippen molar-refractivity contribution in [1.29, 1.82) is 0 Å². The van der Waals surface area contributed by atoms with Gasteiger partial charge in [0.25, 0.3) is 5.91 Å². The first-order valence-electron chi connectivity index (χ1n) is 11.0. The fraction of sp³-hybridized carbons (Fsp3) is 0.185. The van der Waals surface area contributed by atoms with Gasteiger partial charge in [-0.3, -0.25) is 4.79 Å². The zero-order chi connectivity index (χ0) is 24.2. The maximum atomic E-state index is 12.1. The molecule has 0 atom stereocenters. The summed E-state index contributed by atoms with van der Waals surface area (Å²) in [5.41, 5.74) is 11.3. The SMILES string of the molecule is COc1ccc2cc(C(N)=O)n(Cc3cccc(C(=S)NCc4ccc(N(C)C)cc4)c3)c2c1. The number of thiocarbonyl (C=S) groups is 1. The molecule has 1 heterocycles. The molecule has 7 heteroatoms. The molecule has 1 amide bonds. The van der Waals surface area contributed by atoms with E-state index in [1.54, 1.807) is 7.11 Å². The zero-order valence-electron chi connectivity index (χ0n) is 19.5. The second-order valence-corrected chi connectivity index (χ2v) is 8.76. The molecule has 174 valence electrons. The van der Waals surface area contributed by atoms with Gasteiger partial charge in [0.05, 0.1) is 12.6 Å². The predicted molar refractivity (Wildman–Crippen MR) is 142 cm³/mol. The number of methoxy groups -OCH3 is 1. The van der Waals surface area contributed by atoms with Crippen molar-refractivity contribution >= 4 is 39.7 Å². The van der Waals surface area contributed by atoms with E-state index in [1.165, 1.54) is 0 Å². The first kappa shape index (κ1) is 23.3. The maximum Gasteiger partial charge on any atom is 0.265 e. The number of nitrogens with two attached hydrogens (primary N) is 1. The highest BCUT2D eigenvalue weighted by atomic mass is 32.1. The summed E-state index contributed by atoms with van der Waals surface area (Å²) in [6.07, 6.45) is 0. The fourth-order valence-corrected chi connectivity index (χ4v) is 4.12. The van der Waals surface area contributed by atoms with Gasteiger partial charge in [-0.15, -0.1) is 0 Å². The number of carbonyl (C=O) groups excluding carboxylic acids is 1. The Balaban J connectivity index is 1.53. The van der Waals surface area contributed by atoms with Gasteiger partial charge in [-0.1, -0.05) is 42.5 Å². The number of carbonyl (C=O) groups is 1. The van der Waals surface area contributed by atoms with Gasteiger partial charge < -0.3 is 25.3 Å². The number of nitrogens with zero attached hydrogens (tertiary/aromatic N) is 2. The van der Waals surface area contributed by atoms with Crippen molar-refractivity contribution in [2.45, 2.75) is 13.1 Å². The third kappa shape index (κ3) is 5.05. The third-order valence-corrected chi connectivity index (χ3v) is 6.18. The highest BCUT2D eigenvalue weighted by Crippen LogP contribution is 2.26. The third-order valence-electron chi connectivity index (χ3n) is 5.80. The molecule has 4 aromatic rings. The smallest absolute Gasteiger partial charge is 0.265 e. The molecule has 0 aliphatic carbocycles. The molecule has 4 rings (SSSR count). The minimum Gasteiger partial charge on any atom is -0.497 e. The van der Waals surface area contributed by atoms with Gasteiger partial charge in [-0.25, -0.2) is 0 Å². The standard InChI is InChI=1S/C27H28N4O2S/c1-30(2)22-10-7-18(8-11-22)16-29-27(34)21-6-4-5-19(13-21)17-31-24-15-23(33-3)12-9-20(24)14-25(31)26(28)32/h4-15H,16-17H2,1-3H3,(H2,28,32)(H,29,34). The van der Waals surface area contributed by atoms with E-state index in [2.05, 4.69) is 34.5 Å². The molecule has 6 nitrogen and oxygen atoms in total. The van der Waals surface area contributed by atoms with E-state index in [9.17, 15) is 4.79 Å². The van der Waals surface area contributed by atoms with Gasteiger partial charge >= 0.3 is 0 Å². The lowest BCUT2D eigenvalue weighted by Gasteiger charge is -2.14. The molecule has 3 aromatic carbocycles. The van der Waals surface area contributed by atoms with Gasteiger partial charge in [0, 0.05) is 49.9 Å². The van der Waals surface area contributed by atoms with Crippen LogP contribution in [0.4, 0.5) is 5.69 Å². The van der Waals surface area contributed by atoms with E-state index in [1.807, 2.05) is 67.2 Å². The number of amides is 1. The summed E-state index contributed by atoms with van der Waals surface area (Å²) in [6, 6.07) is 23.9. The Bertz CT molecular complexity index is 1340. The lowest BCUT2D eigenvalue weighted by molar-refractivity contribution is 0.0992. The molecule has 0 bridgehead atoms. The van der Waals surface area contributed by atoms with Crippen molar-refractivity contribution in [3.63, 3.8) is 0 Å². The van der Waals surface area contributed by atoms with Crippen molar-refractivity contribution in [3.05, 3.63) is 95.2 Å². The monoisotopic (exact) mass is 472 g/mol. The lowest BCUT2D eigenvalue weighted by atomic mass is 10.1. The number of rotatable bonds is 8. The first-order chi connectivity index (χ1) is 16.4. The zero-order valence-corrected chi connectivity index (χ0v) is 20.4. The number of benzene rings is 3. The summed E-state index contributed by atoms with van der Waals surface area (Å²) in [7, 11) is 5.67. The van der Waals surface area contributed by atoms with Crippen molar-refractivity contribution < 1.29 is 9.53 Å². The first-order valence-corrected chi connectivity index (χ1v) is 11.4. The molecule has 0 saturated carbocycles. The summed E-state index contributed by atoms with van der Waals surface area (Å²) < 4.78 is 7.29. The molecular weight excluding hydrogens is 444 g/mol. The molecule has 0 saturated heterocycles. The predicted octanol–water partition coefficient (Wildman–Crippen LogP) is 4.33. The summed E-state index contributed by atoms with van der Waals surface area (Å²) in [6.45, 7) is 1.13. The van der Waals surface area contributed by atoms with Crippen molar-refractivity contribution in [2.75, 3.05) is 26.1 Å². The Morgan fingerprint density at radius 1 is 1.03 bits per heavy atom. The molecule has 0 radical (unpaired) electrons. The van der Waals surface area contributed by atoms with E-state index in [-0.39, 0.29) is 0 Å². The van der Waals surface area contributed by atoms with Gasteiger partial charge in [0.1, 0.15) is 16.4 Å². The maximum absolute atomic E-state index is 12.1. The normalized spacial score (nSPS) is 10.8. The largest absolute Gasteiger partial charge is 0.497 e. The van der Waals surface area contributed by atoms with Crippen LogP contribution in [0.25, 0.3) is 10.9 Å². The average Bonchev–Trinajstić information content (AvgIpc) is 3.20. The van der Waals surface area contributed by atoms with Crippen LogP contribution in [-0.4, -0.2) is 36.7 Å². The number of aromatic nitrogens is 1. The van der Waals surface area contributed by atoms with Crippen molar-refractivity contribution in [2.24, 2.45) is 5.73 Å². The molecule has 34 heavy (non-hydrogen) atoms. The molecule has 0 unspecified atom stereocenters. The highest BCUT2D eigenvalue weighted by Gasteiger charge is 2.15. The van der Waals surface area contributed by atoms with Crippen LogP contribution in [0.15, 0.2) is 72.8 Å². The van der Waals surface area contributed by atoms with Crippen LogP contribution >= 0.6 is 12.2 Å². The average molecular weight is 473 g/mol. The van der Waals surface area contributed by atoms with Crippen molar-refractivity contribution in [1.82, 2.24) is 9.88 Å². The molecular formula is C27H28N4O2S. The van der Waals surface area contributed by atoms with E-state index in [4.69, 9.17) is 22.7 Å². The van der Waals surface area contributed by atoms with Gasteiger partial charge in [0.2, 0.25) is 0 Å². The Labute approximate surface area is 204 Å². The van der Waals surface area contributed by atoms with Crippen molar-refractivity contribution in [3.8, 4) is 5.75 Å². The fourth-order valence-electron chi connectivity index (χ4n) is 3.93. The Morgan fingerprint density at radius 3 is 2.47 bits per heavy atom. The number of ether oxygens (including phenoxy) is 1.